The van der Waals surface area contributed by atoms with Crippen LogP contribution in [0.3, 0.4) is 0 Å². The standard InChI is InChI=1S/C14H8Br/c15-14-9-10-5-1-2-6-11(10)12-7-3-4-8-13(12)14/h2-9H/q+1. The first-order chi connectivity index (χ1) is 7.36. The molecule has 0 bridgehead atoms. The second-order valence-electron chi connectivity index (χ2n) is 3.55. The molecule has 1 heteroatoms. The molecule has 0 aromatic heterocycles. The zero-order valence-electron chi connectivity index (χ0n) is 8.00. The fourth-order valence-electron chi connectivity index (χ4n) is 1.95. The van der Waals surface area contributed by atoms with Crippen molar-refractivity contribution >= 4 is 38.9 Å². The molecule has 0 nitrogen and oxygen atoms in total. The molecule has 0 fully saturated rings. The summed E-state index contributed by atoms with van der Waals surface area (Å²) >= 11 is 3.60. The molecular weight excluding hydrogens is 248 g/mol. The summed E-state index contributed by atoms with van der Waals surface area (Å²) in [7, 11) is 0. The van der Waals surface area contributed by atoms with Gasteiger partial charge in [-0.15, -0.1) is 0 Å². The normalized spacial score (nSPS) is 12.6. The van der Waals surface area contributed by atoms with Crippen molar-refractivity contribution in [2.75, 3.05) is 0 Å². The van der Waals surface area contributed by atoms with Crippen molar-refractivity contribution in [1.82, 2.24) is 0 Å². The monoisotopic (exact) mass is 255 g/mol. The Kier molecular flexibility index (Phi) is 1.95. The van der Waals surface area contributed by atoms with Gasteiger partial charge in [-0.05, 0) is 15.9 Å². The molecule has 0 unspecified atom stereocenters. The average molecular weight is 256 g/mol. The summed E-state index contributed by atoms with van der Waals surface area (Å²) in [5.74, 6) is 0. The second-order valence-corrected chi connectivity index (χ2v) is 4.41. The van der Waals surface area contributed by atoms with E-state index in [1.165, 1.54) is 21.9 Å². The Balaban J connectivity index is 2.51. The lowest BCUT2D eigenvalue weighted by Gasteiger charge is -2.04. The molecule has 0 heterocycles. The lowest BCUT2D eigenvalue weighted by Crippen LogP contribution is -1.88. The highest BCUT2D eigenvalue weighted by atomic mass is 79.9. The van der Waals surface area contributed by atoms with E-state index in [0.717, 1.165) is 4.47 Å². The van der Waals surface area contributed by atoms with Gasteiger partial charge in [0.1, 0.15) is 17.7 Å². The molecule has 3 rings (SSSR count). The zero-order chi connectivity index (χ0) is 10.3. The Hall–Kier alpha value is -1.43. The molecular formula is C14H8Br+. The van der Waals surface area contributed by atoms with E-state index in [-0.39, 0.29) is 0 Å². The van der Waals surface area contributed by atoms with Crippen LogP contribution < -0.4 is 0 Å². The first kappa shape index (κ1) is 8.84. The van der Waals surface area contributed by atoms with Crippen LogP contribution in [-0.4, -0.2) is 0 Å². The smallest absolute Gasteiger partial charge is 0.0616 e. The number of hydrogen-bond acceptors (Lipinski definition) is 0. The molecule has 1 aliphatic carbocycles. The van der Waals surface area contributed by atoms with Crippen LogP contribution in [0.2, 0.25) is 0 Å². The van der Waals surface area contributed by atoms with Gasteiger partial charge in [-0.2, -0.15) is 0 Å². The van der Waals surface area contributed by atoms with Gasteiger partial charge in [0.15, 0.2) is 0 Å². The van der Waals surface area contributed by atoms with Crippen molar-refractivity contribution in [3.8, 4) is 0 Å². The molecule has 2 aromatic rings. The van der Waals surface area contributed by atoms with Crippen LogP contribution in [0.15, 0.2) is 40.9 Å². The van der Waals surface area contributed by atoms with Crippen molar-refractivity contribution in [1.29, 1.82) is 0 Å². The van der Waals surface area contributed by atoms with Crippen LogP contribution >= 0.6 is 15.9 Å². The van der Waals surface area contributed by atoms with Gasteiger partial charge < -0.3 is 0 Å². The van der Waals surface area contributed by atoms with Gasteiger partial charge in [0, 0.05) is 27.4 Å². The minimum absolute atomic E-state index is 1.14. The minimum Gasteiger partial charge on any atom is -0.0616 e. The van der Waals surface area contributed by atoms with E-state index in [2.05, 4.69) is 58.4 Å². The molecule has 70 valence electrons. The Morgan fingerprint density at radius 1 is 1.07 bits per heavy atom. The fourth-order valence-corrected chi connectivity index (χ4v) is 2.54. The van der Waals surface area contributed by atoms with Crippen LogP contribution in [0.25, 0.3) is 22.9 Å². The molecule has 0 radical (unpaired) electrons. The number of fused-ring (bicyclic) bond motifs is 3. The molecule has 1 aliphatic rings. The predicted molar refractivity (Wildman–Crippen MR) is 68.4 cm³/mol. The summed E-state index contributed by atoms with van der Waals surface area (Å²) in [6.07, 6.45) is 9.20. The SMILES string of the molecule is Brc1cc2c(c3ccccc13)C=C[C+]=C2. The van der Waals surface area contributed by atoms with Crippen LogP contribution in [0, 0.1) is 6.08 Å². The van der Waals surface area contributed by atoms with Crippen LogP contribution in [0.1, 0.15) is 11.1 Å². The fraction of sp³-hybridized carbons (Fsp3) is 0. The van der Waals surface area contributed by atoms with E-state index < -0.39 is 0 Å². The second kappa shape index (κ2) is 3.30. The van der Waals surface area contributed by atoms with Crippen LogP contribution in [0.5, 0.6) is 0 Å². The highest BCUT2D eigenvalue weighted by Crippen LogP contribution is 2.32. The number of rotatable bonds is 0. The molecule has 0 saturated carbocycles. The van der Waals surface area contributed by atoms with Gasteiger partial charge in [0.2, 0.25) is 0 Å². The van der Waals surface area contributed by atoms with Gasteiger partial charge in [-0.3, -0.25) is 0 Å². The van der Waals surface area contributed by atoms with E-state index in [4.69, 9.17) is 0 Å². The van der Waals surface area contributed by atoms with Crippen molar-refractivity contribution in [3.05, 3.63) is 58.1 Å². The summed E-state index contributed by atoms with van der Waals surface area (Å²) in [6.45, 7) is 0. The third-order valence-corrected chi connectivity index (χ3v) is 3.31. The zero-order valence-corrected chi connectivity index (χ0v) is 9.58. The first-order valence-electron chi connectivity index (χ1n) is 4.83. The topological polar surface area (TPSA) is 0 Å². The maximum absolute atomic E-state index is 3.60. The Bertz CT molecular complexity index is 592. The lowest BCUT2D eigenvalue weighted by atomic mass is 9.96. The summed E-state index contributed by atoms with van der Waals surface area (Å²) in [6, 6.07) is 10.6. The number of allylic oxidation sites excluding steroid dienone is 2. The van der Waals surface area contributed by atoms with Gasteiger partial charge in [0.05, 0.1) is 11.6 Å². The minimum atomic E-state index is 1.14. The van der Waals surface area contributed by atoms with Crippen molar-refractivity contribution in [2.24, 2.45) is 0 Å². The summed E-state index contributed by atoms with van der Waals surface area (Å²) in [4.78, 5) is 0. The Morgan fingerprint density at radius 2 is 1.87 bits per heavy atom. The number of benzene rings is 2. The number of halogens is 1. The maximum Gasteiger partial charge on any atom is 0.111 e. The quantitative estimate of drug-likeness (QED) is 0.611. The van der Waals surface area contributed by atoms with Gasteiger partial charge in [0.25, 0.3) is 0 Å². The van der Waals surface area contributed by atoms with E-state index >= 15 is 0 Å². The molecule has 0 saturated heterocycles. The summed E-state index contributed by atoms with van der Waals surface area (Å²) < 4.78 is 1.14. The lowest BCUT2D eigenvalue weighted by molar-refractivity contribution is 1.61. The third-order valence-electron chi connectivity index (χ3n) is 2.65. The molecule has 0 atom stereocenters. The van der Waals surface area contributed by atoms with E-state index in [1.54, 1.807) is 0 Å². The highest BCUT2D eigenvalue weighted by molar-refractivity contribution is 9.10. The van der Waals surface area contributed by atoms with E-state index in [1.807, 2.05) is 12.2 Å². The summed E-state index contributed by atoms with van der Waals surface area (Å²) in [5, 5.41) is 2.55. The maximum atomic E-state index is 3.60. The largest absolute Gasteiger partial charge is 0.111 e. The first-order valence-corrected chi connectivity index (χ1v) is 5.62. The molecule has 0 spiro atoms. The molecule has 2 aromatic carbocycles. The third kappa shape index (κ3) is 1.32. The van der Waals surface area contributed by atoms with Gasteiger partial charge in [-0.25, -0.2) is 0 Å². The van der Waals surface area contributed by atoms with Crippen LogP contribution in [0.4, 0.5) is 0 Å². The Labute approximate surface area is 97.1 Å². The van der Waals surface area contributed by atoms with E-state index in [0.29, 0.717) is 0 Å². The van der Waals surface area contributed by atoms with Crippen molar-refractivity contribution in [2.45, 2.75) is 0 Å². The predicted octanol–water partition coefficient (Wildman–Crippen LogP) is 4.45. The molecule has 0 N–H and O–H groups in total. The molecule has 0 aliphatic heterocycles. The van der Waals surface area contributed by atoms with Crippen LogP contribution in [-0.2, 0) is 0 Å². The molecule has 15 heavy (non-hydrogen) atoms. The Morgan fingerprint density at radius 3 is 2.73 bits per heavy atom. The van der Waals surface area contributed by atoms with Gasteiger partial charge >= 0.3 is 0 Å². The highest BCUT2D eigenvalue weighted by Gasteiger charge is 2.14. The summed E-state index contributed by atoms with van der Waals surface area (Å²) in [5.41, 5.74) is 2.51. The number of hydrogen-bond donors (Lipinski definition) is 0. The van der Waals surface area contributed by atoms with E-state index in [9.17, 15) is 0 Å². The molecule has 0 amide bonds. The van der Waals surface area contributed by atoms with Crippen molar-refractivity contribution < 1.29 is 0 Å². The van der Waals surface area contributed by atoms with Gasteiger partial charge in [-0.1, -0.05) is 24.3 Å². The average Bonchev–Trinajstić information content (AvgIpc) is 2.30. The van der Waals surface area contributed by atoms with Crippen molar-refractivity contribution in [3.63, 3.8) is 0 Å².